The first-order valence-corrected chi connectivity index (χ1v) is 13.9. The summed E-state index contributed by atoms with van der Waals surface area (Å²) < 4.78 is 45.6. The molecule has 230 valence electrons. The normalized spacial score (nSPS) is 15.9. The van der Waals surface area contributed by atoms with Crippen molar-refractivity contribution in [2.24, 2.45) is 5.92 Å². The zero-order chi connectivity index (χ0) is 32.0. The van der Waals surface area contributed by atoms with Crippen LogP contribution in [-0.4, -0.2) is 65.2 Å². The number of hydrogen-bond donors (Lipinski definition) is 1. The van der Waals surface area contributed by atoms with Crippen LogP contribution < -0.4 is 10.1 Å². The van der Waals surface area contributed by atoms with Gasteiger partial charge in [-0.15, -0.1) is 0 Å². The van der Waals surface area contributed by atoms with E-state index < -0.39 is 54.2 Å². The number of hydrogen-bond acceptors (Lipinski definition) is 5. The molecule has 1 aliphatic rings. The standard InChI is InChI=1S/C33H32F3N3O5/c1-21(2)29-32(43)38(20-28(40)37-26(30(41)33(34,35)36)18-22-10-6-4-7-11-22)27(23-12-8-5-9-13-23)19-39(29)31(42)24-14-16-25(44-3)17-15-24/h4-17,19,21,26,29H,18,20H2,1-3H3,(H,37,40). The molecule has 0 fully saturated rings. The molecule has 0 aromatic heterocycles. The molecule has 0 bridgehead atoms. The number of nitrogens with one attached hydrogen (secondary N) is 1. The molecule has 2 atom stereocenters. The van der Waals surface area contributed by atoms with Gasteiger partial charge in [-0.2, -0.15) is 13.2 Å². The fourth-order valence-corrected chi connectivity index (χ4v) is 5.00. The van der Waals surface area contributed by atoms with E-state index in [4.69, 9.17) is 4.74 Å². The minimum absolute atomic E-state index is 0.200. The summed E-state index contributed by atoms with van der Waals surface area (Å²) in [5.74, 6) is -3.98. The first kappa shape index (κ1) is 32.0. The van der Waals surface area contributed by atoms with Crippen molar-refractivity contribution >= 4 is 29.2 Å². The van der Waals surface area contributed by atoms with E-state index in [-0.39, 0.29) is 12.1 Å². The average Bonchev–Trinajstić information content (AvgIpc) is 3.01. The highest BCUT2D eigenvalue weighted by atomic mass is 19.4. The van der Waals surface area contributed by atoms with Gasteiger partial charge in [-0.25, -0.2) is 0 Å². The molecule has 2 unspecified atom stereocenters. The third-order valence-corrected chi connectivity index (χ3v) is 7.16. The molecule has 1 heterocycles. The predicted octanol–water partition coefficient (Wildman–Crippen LogP) is 4.86. The number of ether oxygens (including phenoxy) is 1. The zero-order valence-corrected chi connectivity index (χ0v) is 24.4. The Kier molecular flexibility index (Phi) is 9.87. The highest BCUT2D eigenvalue weighted by Gasteiger charge is 2.45. The lowest BCUT2D eigenvalue weighted by molar-refractivity contribution is -0.173. The number of rotatable bonds is 10. The van der Waals surface area contributed by atoms with Crippen LogP contribution in [0.1, 0.15) is 35.3 Å². The minimum Gasteiger partial charge on any atom is -0.497 e. The van der Waals surface area contributed by atoms with Crippen LogP contribution in [0.4, 0.5) is 13.2 Å². The van der Waals surface area contributed by atoms with Gasteiger partial charge in [0.2, 0.25) is 5.91 Å². The van der Waals surface area contributed by atoms with Gasteiger partial charge in [0, 0.05) is 18.2 Å². The minimum atomic E-state index is -5.19. The van der Waals surface area contributed by atoms with Crippen LogP contribution in [0.3, 0.4) is 0 Å². The van der Waals surface area contributed by atoms with E-state index in [1.807, 2.05) is 0 Å². The maximum absolute atomic E-state index is 14.0. The van der Waals surface area contributed by atoms with Crippen LogP contribution >= 0.6 is 0 Å². The molecule has 3 aromatic carbocycles. The van der Waals surface area contributed by atoms with Crippen LogP contribution in [0.15, 0.2) is 91.1 Å². The number of nitrogens with zero attached hydrogens (tertiary/aromatic N) is 2. The summed E-state index contributed by atoms with van der Waals surface area (Å²) in [6.45, 7) is 2.81. The molecule has 0 radical (unpaired) electrons. The second kappa shape index (κ2) is 13.6. The summed E-state index contributed by atoms with van der Waals surface area (Å²) in [4.78, 5) is 55.8. The molecule has 4 rings (SSSR count). The Hall–Kier alpha value is -4.93. The van der Waals surface area contributed by atoms with E-state index in [1.165, 1.54) is 18.2 Å². The van der Waals surface area contributed by atoms with Gasteiger partial charge in [0.1, 0.15) is 24.4 Å². The van der Waals surface area contributed by atoms with Crippen molar-refractivity contribution in [1.29, 1.82) is 0 Å². The first-order chi connectivity index (χ1) is 20.9. The smallest absolute Gasteiger partial charge is 0.452 e. The quantitative estimate of drug-likeness (QED) is 0.355. The number of benzene rings is 3. The molecule has 11 heteroatoms. The second-order valence-electron chi connectivity index (χ2n) is 10.6. The lowest BCUT2D eigenvalue weighted by Gasteiger charge is -2.41. The largest absolute Gasteiger partial charge is 0.497 e. The molecule has 1 aliphatic heterocycles. The predicted molar refractivity (Wildman–Crippen MR) is 157 cm³/mol. The third kappa shape index (κ3) is 7.34. The van der Waals surface area contributed by atoms with E-state index >= 15 is 0 Å². The second-order valence-corrected chi connectivity index (χ2v) is 10.6. The van der Waals surface area contributed by atoms with Crippen LogP contribution in [0.2, 0.25) is 0 Å². The van der Waals surface area contributed by atoms with Crippen molar-refractivity contribution in [3.05, 3.63) is 108 Å². The van der Waals surface area contributed by atoms with Gasteiger partial charge in [0.25, 0.3) is 17.6 Å². The number of carbonyl (C=O) groups is 4. The third-order valence-electron chi connectivity index (χ3n) is 7.16. The summed E-state index contributed by atoms with van der Waals surface area (Å²) in [7, 11) is 1.50. The molecule has 3 aromatic rings. The highest BCUT2D eigenvalue weighted by molar-refractivity contribution is 6.04. The summed E-state index contributed by atoms with van der Waals surface area (Å²) in [6, 6.07) is 20.0. The van der Waals surface area contributed by atoms with Crippen molar-refractivity contribution in [2.45, 2.75) is 38.5 Å². The van der Waals surface area contributed by atoms with Crippen molar-refractivity contribution in [1.82, 2.24) is 15.1 Å². The number of carbonyl (C=O) groups excluding carboxylic acids is 4. The lowest BCUT2D eigenvalue weighted by Crippen LogP contribution is -2.57. The summed E-state index contributed by atoms with van der Waals surface area (Å²) >= 11 is 0. The number of methoxy groups -OCH3 is 1. The molecule has 0 spiro atoms. The van der Waals surface area contributed by atoms with Crippen molar-refractivity contribution < 1.29 is 37.1 Å². The van der Waals surface area contributed by atoms with Gasteiger partial charge < -0.3 is 15.0 Å². The van der Waals surface area contributed by atoms with Crippen LogP contribution in [0, 0.1) is 5.92 Å². The van der Waals surface area contributed by atoms with Crippen LogP contribution in [0.25, 0.3) is 5.70 Å². The molecule has 0 saturated carbocycles. The van der Waals surface area contributed by atoms with Gasteiger partial charge in [-0.3, -0.25) is 24.1 Å². The summed E-state index contributed by atoms with van der Waals surface area (Å²) in [6.07, 6.45) is -4.10. The number of ketones is 1. The number of halogens is 3. The molecule has 0 saturated heterocycles. The Morgan fingerprint density at radius 3 is 2.05 bits per heavy atom. The van der Waals surface area contributed by atoms with Crippen molar-refractivity contribution in [2.75, 3.05) is 13.7 Å². The Morgan fingerprint density at radius 2 is 1.50 bits per heavy atom. The van der Waals surface area contributed by atoms with Crippen LogP contribution in [0.5, 0.6) is 5.75 Å². The monoisotopic (exact) mass is 607 g/mol. The van der Waals surface area contributed by atoms with E-state index in [0.717, 1.165) is 4.90 Å². The molecular formula is C33H32F3N3O5. The van der Waals surface area contributed by atoms with E-state index in [9.17, 15) is 32.3 Å². The van der Waals surface area contributed by atoms with Gasteiger partial charge in [0.05, 0.1) is 12.8 Å². The fourth-order valence-electron chi connectivity index (χ4n) is 5.00. The first-order valence-electron chi connectivity index (χ1n) is 13.9. The molecular weight excluding hydrogens is 575 g/mol. The Bertz CT molecular complexity index is 1520. The topological polar surface area (TPSA) is 96.0 Å². The van der Waals surface area contributed by atoms with Crippen LogP contribution in [-0.2, 0) is 20.8 Å². The summed E-state index contributed by atoms with van der Waals surface area (Å²) in [5.41, 5.74) is 1.41. The molecule has 3 amide bonds. The Morgan fingerprint density at radius 1 is 0.909 bits per heavy atom. The van der Waals surface area contributed by atoms with Gasteiger partial charge in [0.15, 0.2) is 0 Å². The Balaban J connectivity index is 1.69. The maximum Gasteiger partial charge on any atom is 0.452 e. The lowest BCUT2D eigenvalue weighted by atomic mass is 9.96. The molecule has 44 heavy (non-hydrogen) atoms. The fraction of sp³-hybridized carbons (Fsp3) is 0.273. The molecule has 0 aliphatic carbocycles. The van der Waals surface area contributed by atoms with E-state index in [2.05, 4.69) is 5.32 Å². The highest BCUT2D eigenvalue weighted by Crippen LogP contribution is 2.31. The molecule has 8 nitrogen and oxygen atoms in total. The zero-order valence-electron chi connectivity index (χ0n) is 24.4. The number of Topliss-reactive ketones (excluding diaryl/α,β-unsaturated/α-hetero) is 1. The SMILES string of the molecule is COc1ccc(C(=O)N2C=C(c3ccccc3)N(CC(=O)NC(Cc3ccccc3)C(=O)C(F)(F)F)C(=O)C2C(C)C)cc1. The Labute approximate surface area is 253 Å². The van der Waals surface area contributed by atoms with Crippen molar-refractivity contribution in [3.63, 3.8) is 0 Å². The van der Waals surface area contributed by atoms with E-state index in [1.54, 1.807) is 98.8 Å². The molecule has 1 N–H and O–H groups in total. The van der Waals surface area contributed by atoms with E-state index in [0.29, 0.717) is 22.4 Å². The van der Waals surface area contributed by atoms with Gasteiger partial charge in [-0.05, 0) is 41.3 Å². The van der Waals surface area contributed by atoms with Gasteiger partial charge in [-0.1, -0.05) is 74.5 Å². The maximum atomic E-state index is 14.0. The number of amides is 3. The van der Waals surface area contributed by atoms with Gasteiger partial charge >= 0.3 is 6.18 Å². The number of alkyl halides is 3. The summed E-state index contributed by atoms with van der Waals surface area (Å²) in [5, 5.41) is 2.20. The average molecular weight is 608 g/mol. The van der Waals surface area contributed by atoms with Crippen molar-refractivity contribution in [3.8, 4) is 5.75 Å².